The summed E-state index contributed by atoms with van der Waals surface area (Å²) >= 11 is 0. The lowest BCUT2D eigenvalue weighted by Gasteiger charge is -2.36. The van der Waals surface area contributed by atoms with Gasteiger partial charge in [-0.25, -0.2) is 4.79 Å². The summed E-state index contributed by atoms with van der Waals surface area (Å²) in [5.74, 6) is 0.877. The highest BCUT2D eigenvalue weighted by Gasteiger charge is 2.24. The third kappa shape index (κ3) is 4.77. The molecule has 5 nitrogen and oxygen atoms in total. The number of ether oxygens (including phenoxy) is 1. The van der Waals surface area contributed by atoms with E-state index >= 15 is 0 Å². The maximum atomic E-state index is 12.4. The molecule has 0 aromatic heterocycles. The highest BCUT2D eigenvalue weighted by Crippen LogP contribution is 2.22. The summed E-state index contributed by atoms with van der Waals surface area (Å²) in [6.07, 6.45) is 4.74. The van der Waals surface area contributed by atoms with E-state index in [9.17, 15) is 4.79 Å². The van der Waals surface area contributed by atoms with Crippen molar-refractivity contribution < 1.29 is 9.53 Å². The standard InChI is InChI=1S/C23H29N3O2/c27-23(24-20-8-4-5-9-20)26-16-14-25(15-17-26)21-10-12-22(13-11-21)28-18-19-6-2-1-3-7-19/h1-3,6-7,10-13,20H,4-5,8-9,14-18H2,(H,24,27). The molecule has 0 atom stereocenters. The number of hydrogen-bond donors (Lipinski definition) is 1. The second-order valence-corrected chi connectivity index (χ2v) is 7.67. The molecule has 2 aromatic rings. The largest absolute Gasteiger partial charge is 0.489 e. The van der Waals surface area contributed by atoms with Crippen LogP contribution in [0.5, 0.6) is 5.75 Å². The second kappa shape index (κ2) is 9.00. The van der Waals surface area contributed by atoms with Crippen LogP contribution in [0.4, 0.5) is 10.5 Å². The van der Waals surface area contributed by atoms with Gasteiger partial charge in [0.25, 0.3) is 0 Å². The van der Waals surface area contributed by atoms with Crippen molar-refractivity contribution in [2.75, 3.05) is 31.1 Å². The number of carbonyl (C=O) groups excluding carboxylic acids is 1. The predicted octanol–water partition coefficient (Wildman–Crippen LogP) is 4.04. The van der Waals surface area contributed by atoms with Crippen molar-refractivity contribution in [3.8, 4) is 5.75 Å². The van der Waals surface area contributed by atoms with Crippen LogP contribution < -0.4 is 15.0 Å². The minimum atomic E-state index is 0.108. The van der Waals surface area contributed by atoms with Crippen LogP contribution in [0.15, 0.2) is 54.6 Å². The Morgan fingerprint density at radius 3 is 2.29 bits per heavy atom. The van der Waals surface area contributed by atoms with Gasteiger partial charge < -0.3 is 19.9 Å². The molecule has 4 rings (SSSR count). The van der Waals surface area contributed by atoms with Crippen molar-refractivity contribution in [2.24, 2.45) is 0 Å². The fraction of sp³-hybridized carbons (Fsp3) is 0.435. The molecule has 0 spiro atoms. The maximum Gasteiger partial charge on any atom is 0.317 e. The predicted molar refractivity (Wildman–Crippen MR) is 112 cm³/mol. The summed E-state index contributed by atoms with van der Waals surface area (Å²) < 4.78 is 5.87. The molecule has 2 aromatic carbocycles. The van der Waals surface area contributed by atoms with E-state index in [0.29, 0.717) is 12.6 Å². The zero-order valence-electron chi connectivity index (χ0n) is 16.3. The summed E-state index contributed by atoms with van der Waals surface area (Å²) in [5, 5.41) is 3.19. The molecule has 1 saturated heterocycles. The summed E-state index contributed by atoms with van der Waals surface area (Å²) in [7, 11) is 0. The van der Waals surface area contributed by atoms with E-state index in [4.69, 9.17) is 4.74 Å². The van der Waals surface area contributed by atoms with Gasteiger partial charge in [-0.3, -0.25) is 0 Å². The lowest BCUT2D eigenvalue weighted by atomic mass is 10.2. The number of nitrogens with zero attached hydrogens (tertiary/aromatic N) is 2. The number of anilines is 1. The third-order valence-electron chi connectivity index (χ3n) is 5.70. The van der Waals surface area contributed by atoms with Crippen molar-refractivity contribution >= 4 is 11.7 Å². The monoisotopic (exact) mass is 379 g/mol. The molecule has 148 valence electrons. The van der Waals surface area contributed by atoms with Crippen LogP contribution in [0.25, 0.3) is 0 Å². The van der Waals surface area contributed by atoms with Crippen LogP contribution in [0.2, 0.25) is 0 Å². The molecule has 1 heterocycles. The lowest BCUT2D eigenvalue weighted by Crippen LogP contribution is -2.53. The van der Waals surface area contributed by atoms with Gasteiger partial charge in [0.15, 0.2) is 0 Å². The highest BCUT2D eigenvalue weighted by atomic mass is 16.5. The first kappa shape index (κ1) is 18.7. The minimum Gasteiger partial charge on any atom is -0.489 e. The number of nitrogens with one attached hydrogen (secondary N) is 1. The van der Waals surface area contributed by atoms with E-state index in [0.717, 1.165) is 44.8 Å². The summed E-state index contributed by atoms with van der Waals surface area (Å²) in [6, 6.07) is 18.9. The average Bonchev–Trinajstić information content (AvgIpc) is 3.26. The van der Waals surface area contributed by atoms with Gasteiger partial charge in [0.1, 0.15) is 12.4 Å². The zero-order chi connectivity index (χ0) is 19.2. The SMILES string of the molecule is O=C(NC1CCCC1)N1CCN(c2ccc(OCc3ccccc3)cc2)CC1. The Balaban J connectivity index is 1.24. The molecule has 1 aliphatic heterocycles. The molecule has 2 aliphatic rings. The van der Waals surface area contributed by atoms with Gasteiger partial charge >= 0.3 is 6.03 Å². The summed E-state index contributed by atoms with van der Waals surface area (Å²) in [5.41, 5.74) is 2.35. The van der Waals surface area contributed by atoms with Crippen LogP contribution in [-0.2, 0) is 6.61 Å². The first-order chi connectivity index (χ1) is 13.8. The Hall–Kier alpha value is -2.69. The molecule has 28 heavy (non-hydrogen) atoms. The molecule has 2 amide bonds. The van der Waals surface area contributed by atoms with Crippen LogP contribution in [0.1, 0.15) is 31.2 Å². The molecule has 1 saturated carbocycles. The summed E-state index contributed by atoms with van der Waals surface area (Å²) in [4.78, 5) is 16.7. The van der Waals surface area contributed by atoms with E-state index in [2.05, 4.69) is 34.5 Å². The highest BCUT2D eigenvalue weighted by molar-refractivity contribution is 5.75. The smallest absolute Gasteiger partial charge is 0.317 e. The lowest BCUT2D eigenvalue weighted by molar-refractivity contribution is 0.190. The van der Waals surface area contributed by atoms with Gasteiger partial charge in [-0.15, -0.1) is 0 Å². The number of hydrogen-bond acceptors (Lipinski definition) is 3. The van der Waals surface area contributed by atoms with Crippen molar-refractivity contribution in [1.29, 1.82) is 0 Å². The normalized spacial score (nSPS) is 17.6. The van der Waals surface area contributed by atoms with Crippen molar-refractivity contribution in [3.63, 3.8) is 0 Å². The van der Waals surface area contributed by atoms with E-state index in [-0.39, 0.29) is 6.03 Å². The van der Waals surface area contributed by atoms with Gasteiger partial charge in [0.2, 0.25) is 0 Å². The van der Waals surface area contributed by atoms with Gasteiger partial charge in [0, 0.05) is 37.9 Å². The second-order valence-electron chi connectivity index (χ2n) is 7.67. The average molecular weight is 380 g/mol. The van der Waals surface area contributed by atoms with Crippen molar-refractivity contribution in [3.05, 3.63) is 60.2 Å². The fourth-order valence-electron chi connectivity index (χ4n) is 4.00. The molecule has 0 unspecified atom stereocenters. The van der Waals surface area contributed by atoms with E-state index < -0.39 is 0 Å². The van der Waals surface area contributed by atoms with Crippen molar-refractivity contribution in [1.82, 2.24) is 10.2 Å². The maximum absolute atomic E-state index is 12.4. The molecular weight excluding hydrogens is 350 g/mol. The zero-order valence-corrected chi connectivity index (χ0v) is 16.3. The Kier molecular flexibility index (Phi) is 6.00. The number of amides is 2. The first-order valence-corrected chi connectivity index (χ1v) is 10.3. The fourth-order valence-corrected chi connectivity index (χ4v) is 4.00. The van der Waals surface area contributed by atoms with Crippen molar-refractivity contribution in [2.45, 2.75) is 38.3 Å². The number of rotatable bonds is 5. The molecule has 1 N–H and O–H groups in total. The Bertz CT molecular complexity index is 749. The van der Waals surface area contributed by atoms with Crippen LogP contribution >= 0.6 is 0 Å². The Labute approximate surface area is 167 Å². The molecular formula is C23H29N3O2. The van der Waals surface area contributed by atoms with Crippen LogP contribution in [0.3, 0.4) is 0 Å². The molecule has 0 bridgehead atoms. The number of benzene rings is 2. The Morgan fingerprint density at radius 2 is 1.61 bits per heavy atom. The first-order valence-electron chi connectivity index (χ1n) is 10.3. The third-order valence-corrected chi connectivity index (χ3v) is 5.70. The minimum absolute atomic E-state index is 0.108. The number of piperazine rings is 1. The van der Waals surface area contributed by atoms with Gasteiger partial charge in [0.05, 0.1) is 0 Å². The topological polar surface area (TPSA) is 44.8 Å². The van der Waals surface area contributed by atoms with Gasteiger partial charge in [-0.2, -0.15) is 0 Å². The number of urea groups is 1. The molecule has 0 radical (unpaired) electrons. The van der Waals surface area contributed by atoms with Gasteiger partial charge in [-0.05, 0) is 42.7 Å². The Morgan fingerprint density at radius 1 is 0.929 bits per heavy atom. The van der Waals surface area contributed by atoms with E-state index in [1.807, 2.05) is 35.2 Å². The van der Waals surface area contributed by atoms with E-state index in [1.54, 1.807) is 0 Å². The molecule has 2 fully saturated rings. The van der Waals surface area contributed by atoms with Crippen LogP contribution in [0, 0.1) is 0 Å². The van der Waals surface area contributed by atoms with Gasteiger partial charge in [-0.1, -0.05) is 43.2 Å². The van der Waals surface area contributed by atoms with Crippen LogP contribution in [-0.4, -0.2) is 43.2 Å². The van der Waals surface area contributed by atoms with E-state index in [1.165, 1.54) is 24.1 Å². The molecule has 5 heteroatoms. The summed E-state index contributed by atoms with van der Waals surface area (Å²) in [6.45, 7) is 3.84. The molecule has 1 aliphatic carbocycles. The quantitative estimate of drug-likeness (QED) is 0.853. The number of carbonyl (C=O) groups is 1.